The van der Waals surface area contributed by atoms with E-state index in [0.29, 0.717) is 6.54 Å². The van der Waals surface area contributed by atoms with Gasteiger partial charge in [-0.25, -0.2) is 9.18 Å². The maximum Gasteiger partial charge on any atom is 0.345 e. The van der Waals surface area contributed by atoms with Crippen LogP contribution >= 0.6 is 0 Å². The number of hydrogen-bond donors (Lipinski definition) is 1. The fourth-order valence-corrected chi connectivity index (χ4v) is 1.71. The van der Waals surface area contributed by atoms with Crippen molar-refractivity contribution in [2.45, 2.75) is 51.9 Å². The lowest BCUT2D eigenvalue weighted by Crippen LogP contribution is -2.46. The summed E-state index contributed by atoms with van der Waals surface area (Å²) in [5.74, 6) is -0.798. The van der Waals surface area contributed by atoms with Crippen LogP contribution in [-0.2, 0) is 16.1 Å². The molecule has 0 aliphatic carbocycles. The van der Waals surface area contributed by atoms with Crippen molar-refractivity contribution in [2.75, 3.05) is 6.54 Å². The summed E-state index contributed by atoms with van der Waals surface area (Å²) < 4.78 is 19.8. The van der Waals surface area contributed by atoms with E-state index in [-0.39, 0.29) is 13.0 Å². The maximum atomic E-state index is 14.6. The molecule has 0 amide bonds. The van der Waals surface area contributed by atoms with Crippen LogP contribution in [0.25, 0.3) is 0 Å². The number of carbonyl (C=O) groups is 1. The monoisotopic (exact) mass is 281 g/mol. The standard InChI is InChI=1S/C16H24FNO2/c1-5-16(17,14(19)20-15(2,3)4)12-18-11-13-9-7-6-8-10-13/h6-10,18H,5,11-12H2,1-4H3/t16-/m0/s1. The van der Waals surface area contributed by atoms with Gasteiger partial charge >= 0.3 is 5.97 Å². The molecule has 0 aromatic heterocycles. The Balaban J connectivity index is 2.54. The number of esters is 1. The summed E-state index contributed by atoms with van der Waals surface area (Å²) >= 11 is 0. The largest absolute Gasteiger partial charge is 0.458 e. The SMILES string of the molecule is CC[C@](F)(CNCc1ccccc1)C(=O)OC(C)(C)C. The fourth-order valence-electron chi connectivity index (χ4n) is 1.71. The van der Waals surface area contributed by atoms with Gasteiger partial charge in [-0.2, -0.15) is 0 Å². The smallest absolute Gasteiger partial charge is 0.345 e. The first-order valence-corrected chi connectivity index (χ1v) is 6.94. The lowest BCUT2D eigenvalue weighted by molar-refractivity contribution is -0.169. The molecule has 112 valence electrons. The van der Waals surface area contributed by atoms with Crippen molar-refractivity contribution in [3.05, 3.63) is 35.9 Å². The third-order valence-corrected chi connectivity index (χ3v) is 2.90. The highest BCUT2D eigenvalue weighted by molar-refractivity contribution is 5.80. The van der Waals surface area contributed by atoms with Gasteiger partial charge in [-0.1, -0.05) is 37.3 Å². The summed E-state index contributed by atoms with van der Waals surface area (Å²) in [5.41, 5.74) is -1.61. The molecule has 0 aliphatic rings. The molecule has 0 bridgehead atoms. The van der Waals surface area contributed by atoms with E-state index in [1.54, 1.807) is 27.7 Å². The minimum Gasteiger partial charge on any atom is -0.458 e. The molecule has 0 heterocycles. The predicted octanol–water partition coefficient (Wildman–Crippen LogP) is 3.24. The van der Waals surface area contributed by atoms with E-state index in [0.717, 1.165) is 5.56 Å². The zero-order chi connectivity index (χ0) is 15.2. The van der Waals surface area contributed by atoms with E-state index in [2.05, 4.69) is 5.32 Å². The zero-order valence-electron chi connectivity index (χ0n) is 12.7. The summed E-state index contributed by atoms with van der Waals surface area (Å²) in [5, 5.41) is 2.98. The van der Waals surface area contributed by atoms with Crippen molar-refractivity contribution in [1.29, 1.82) is 0 Å². The van der Waals surface area contributed by atoms with E-state index in [9.17, 15) is 9.18 Å². The topological polar surface area (TPSA) is 38.3 Å². The van der Waals surface area contributed by atoms with E-state index in [4.69, 9.17) is 4.74 Å². The number of halogens is 1. The Labute approximate surface area is 120 Å². The lowest BCUT2D eigenvalue weighted by Gasteiger charge is -2.27. The molecule has 1 aromatic rings. The quantitative estimate of drug-likeness (QED) is 0.814. The molecule has 0 unspecified atom stereocenters. The van der Waals surface area contributed by atoms with Crippen LogP contribution in [0.15, 0.2) is 30.3 Å². The van der Waals surface area contributed by atoms with Gasteiger partial charge in [0.05, 0.1) is 0 Å². The molecule has 0 fully saturated rings. The van der Waals surface area contributed by atoms with Gasteiger partial charge < -0.3 is 10.1 Å². The predicted molar refractivity (Wildman–Crippen MR) is 78.1 cm³/mol. The minimum atomic E-state index is -1.98. The van der Waals surface area contributed by atoms with Crippen molar-refractivity contribution < 1.29 is 13.9 Å². The Morgan fingerprint density at radius 2 is 1.85 bits per heavy atom. The van der Waals surface area contributed by atoms with Crippen LogP contribution in [0, 0.1) is 0 Å². The van der Waals surface area contributed by atoms with E-state index in [1.807, 2.05) is 30.3 Å². The van der Waals surface area contributed by atoms with Crippen molar-refractivity contribution in [2.24, 2.45) is 0 Å². The summed E-state index contributed by atoms with van der Waals surface area (Å²) in [4.78, 5) is 11.9. The summed E-state index contributed by atoms with van der Waals surface area (Å²) in [6.07, 6.45) is 0.0870. The molecule has 1 rings (SSSR count). The molecule has 4 heteroatoms. The van der Waals surface area contributed by atoms with Crippen molar-refractivity contribution >= 4 is 5.97 Å². The molecular formula is C16H24FNO2. The Hall–Kier alpha value is -1.42. The summed E-state index contributed by atoms with van der Waals surface area (Å²) in [7, 11) is 0. The van der Waals surface area contributed by atoms with E-state index < -0.39 is 17.2 Å². The van der Waals surface area contributed by atoms with Gasteiger partial charge in [0.15, 0.2) is 0 Å². The highest BCUT2D eigenvalue weighted by Crippen LogP contribution is 2.21. The summed E-state index contributed by atoms with van der Waals surface area (Å²) in [6.45, 7) is 7.33. The van der Waals surface area contributed by atoms with Crippen LogP contribution in [-0.4, -0.2) is 23.8 Å². The van der Waals surface area contributed by atoms with Crippen molar-refractivity contribution in [1.82, 2.24) is 5.32 Å². The van der Waals surface area contributed by atoms with Crippen LogP contribution in [0.3, 0.4) is 0 Å². The van der Waals surface area contributed by atoms with Crippen molar-refractivity contribution in [3.63, 3.8) is 0 Å². The Kier molecular flexibility index (Phi) is 5.69. The van der Waals surface area contributed by atoms with Gasteiger partial charge in [0.25, 0.3) is 0 Å². The van der Waals surface area contributed by atoms with Crippen molar-refractivity contribution in [3.8, 4) is 0 Å². The molecule has 3 nitrogen and oxygen atoms in total. The maximum absolute atomic E-state index is 14.6. The number of hydrogen-bond acceptors (Lipinski definition) is 3. The van der Waals surface area contributed by atoms with Gasteiger partial charge in [0.1, 0.15) is 5.60 Å². The molecular weight excluding hydrogens is 257 g/mol. The van der Waals surface area contributed by atoms with Gasteiger partial charge in [0.2, 0.25) is 5.67 Å². The number of benzene rings is 1. The minimum absolute atomic E-state index is 0.0483. The Bertz CT molecular complexity index is 428. The zero-order valence-corrected chi connectivity index (χ0v) is 12.7. The third kappa shape index (κ3) is 5.29. The lowest BCUT2D eigenvalue weighted by atomic mass is 10.0. The highest BCUT2D eigenvalue weighted by Gasteiger charge is 2.40. The first-order valence-electron chi connectivity index (χ1n) is 6.94. The molecule has 0 saturated heterocycles. The van der Waals surface area contributed by atoms with Gasteiger partial charge in [0, 0.05) is 13.1 Å². The summed E-state index contributed by atoms with van der Waals surface area (Å²) in [6, 6.07) is 9.68. The second-order valence-corrected chi connectivity index (χ2v) is 5.91. The average molecular weight is 281 g/mol. The van der Waals surface area contributed by atoms with Crippen LogP contribution in [0.2, 0.25) is 0 Å². The molecule has 20 heavy (non-hydrogen) atoms. The van der Waals surface area contributed by atoms with E-state index in [1.165, 1.54) is 0 Å². The highest BCUT2D eigenvalue weighted by atomic mass is 19.1. The third-order valence-electron chi connectivity index (χ3n) is 2.90. The average Bonchev–Trinajstić information content (AvgIpc) is 2.37. The van der Waals surface area contributed by atoms with Gasteiger partial charge in [-0.05, 0) is 32.8 Å². The number of carbonyl (C=O) groups excluding carboxylic acids is 1. The van der Waals surface area contributed by atoms with Crippen LogP contribution in [0.4, 0.5) is 4.39 Å². The molecule has 1 atom stereocenters. The number of nitrogens with one attached hydrogen (secondary N) is 1. The second-order valence-electron chi connectivity index (χ2n) is 5.91. The molecule has 1 N–H and O–H groups in total. The number of alkyl halides is 1. The van der Waals surface area contributed by atoms with Crippen LogP contribution in [0.5, 0.6) is 0 Å². The normalized spacial score (nSPS) is 14.7. The fraction of sp³-hybridized carbons (Fsp3) is 0.562. The van der Waals surface area contributed by atoms with E-state index >= 15 is 0 Å². The van der Waals surface area contributed by atoms with Crippen LogP contribution < -0.4 is 5.32 Å². The Morgan fingerprint density at radius 3 is 2.35 bits per heavy atom. The molecule has 0 saturated carbocycles. The Morgan fingerprint density at radius 1 is 1.25 bits per heavy atom. The first kappa shape index (κ1) is 16.6. The molecule has 0 radical (unpaired) electrons. The number of rotatable bonds is 6. The van der Waals surface area contributed by atoms with Crippen LogP contribution in [0.1, 0.15) is 39.7 Å². The molecule has 0 spiro atoms. The first-order chi connectivity index (χ1) is 9.27. The molecule has 1 aromatic carbocycles. The van der Waals surface area contributed by atoms with Gasteiger partial charge in [-0.3, -0.25) is 0 Å². The van der Waals surface area contributed by atoms with Gasteiger partial charge in [-0.15, -0.1) is 0 Å². The second kappa shape index (κ2) is 6.84. The number of ether oxygens (including phenoxy) is 1. The molecule has 0 aliphatic heterocycles.